The van der Waals surface area contributed by atoms with Crippen molar-refractivity contribution in [3.63, 3.8) is 0 Å². The summed E-state index contributed by atoms with van der Waals surface area (Å²) in [5.74, 6) is 0.384. The summed E-state index contributed by atoms with van der Waals surface area (Å²) in [5, 5.41) is 0. The Kier molecular flexibility index (Phi) is 2.30. The molecular formula is C8H14N2S. The van der Waals surface area contributed by atoms with E-state index in [9.17, 15) is 0 Å². The Bertz CT molecular complexity index is 210. The average molecular weight is 170 g/mol. The highest BCUT2D eigenvalue weighted by atomic mass is 32.1. The van der Waals surface area contributed by atoms with E-state index < -0.39 is 0 Å². The fourth-order valence-corrected chi connectivity index (χ4v) is 1.68. The number of rotatable bonds is 2. The molecule has 0 bridgehead atoms. The largest absolute Gasteiger partial charge is 0.325 e. The van der Waals surface area contributed by atoms with Gasteiger partial charge in [-0.05, 0) is 13.8 Å². The lowest BCUT2D eigenvalue weighted by Crippen LogP contribution is -2.37. The Morgan fingerprint density at radius 1 is 1.64 bits per heavy atom. The Labute approximate surface area is 71.5 Å². The van der Waals surface area contributed by atoms with Gasteiger partial charge in [0.05, 0.1) is 5.51 Å². The van der Waals surface area contributed by atoms with Crippen LogP contribution in [0.15, 0.2) is 11.7 Å². The molecule has 1 unspecified atom stereocenters. The summed E-state index contributed by atoms with van der Waals surface area (Å²) in [5.41, 5.74) is 7.65. The van der Waals surface area contributed by atoms with Crippen molar-refractivity contribution in [1.29, 1.82) is 0 Å². The molecule has 1 heterocycles. The Morgan fingerprint density at radius 3 is 2.64 bits per heavy atom. The third kappa shape index (κ3) is 2.01. The van der Waals surface area contributed by atoms with Crippen LogP contribution in [0.25, 0.3) is 0 Å². The quantitative estimate of drug-likeness (QED) is 0.737. The van der Waals surface area contributed by atoms with Gasteiger partial charge in [-0.25, -0.2) is 0 Å². The average Bonchev–Trinajstić information content (AvgIpc) is 2.34. The molecule has 0 aliphatic carbocycles. The van der Waals surface area contributed by atoms with Gasteiger partial charge in [-0.3, -0.25) is 4.98 Å². The molecule has 0 aliphatic heterocycles. The van der Waals surface area contributed by atoms with Crippen molar-refractivity contribution in [3.8, 4) is 0 Å². The molecule has 0 fully saturated rings. The minimum atomic E-state index is -0.146. The van der Waals surface area contributed by atoms with Crippen LogP contribution in [0.5, 0.6) is 0 Å². The molecule has 1 aromatic heterocycles. The second-order valence-corrected chi connectivity index (χ2v) is 4.36. The van der Waals surface area contributed by atoms with Gasteiger partial charge in [0.2, 0.25) is 0 Å². The maximum atomic E-state index is 5.95. The monoisotopic (exact) mass is 170 g/mol. The standard InChI is InChI=1S/C8H14N2S/c1-6(8(2,3)9)7-4-10-5-11-7/h4-6H,9H2,1-3H3. The SMILES string of the molecule is CC(c1cncs1)C(C)(C)N. The van der Waals surface area contributed by atoms with Crippen LogP contribution in [-0.4, -0.2) is 10.5 Å². The molecule has 0 radical (unpaired) electrons. The third-order valence-electron chi connectivity index (χ3n) is 1.99. The molecule has 2 N–H and O–H groups in total. The van der Waals surface area contributed by atoms with E-state index in [1.54, 1.807) is 11.3 Å². The first-order chi connectivity index (χ1) is 5.02. The fourth-order valence-electron chi connectivity index (χ4n) is 0.806. The summed E-state index contributed by atoms with van der Waals surface area (Å²) < 4.78 is 0. The molecule has 11 heavy (non-hydrogen) atoms. The highest BCUT2D eigenvalue weighted by Crippen LogP contribution is 2.27. The zero-order chi connectivity index (χ0) is 8.48. The van der Waals surface area contributed by atoms with Gasteiger partial charge in [-0.1, -0.05) is 6.92 Å². The van der Waals surface area contributed by atoms with Gasteiger partial charge in [0.25, 0.3) is 0 Å². The van der Waals surface area contributed by atoms with Gasteiger partial charge in [0.15, 0.2) is 0 Å². The molecule has 1 rings (SSSR count). The molecule has 0 aromatic carbocycles. The number of hydrogen-bond donors (Lipinski definition) is 1. The second-order valence-electron chi connectivity index (χ2n) is 3.45. The maximum absolute atomic E-state index is 5.95. The first kappa shape index (κ1) is 8.68. The van der Waals surface area contributed by atoms with Gasteiger partial charge < -0.3 is 5.73 Å². The molecular weight excluding hydrogens is 156 g/mol. The zero-order valence-corrected chi connectivity index (χ0v) is 7.98. The van der Waals surface area contributed by atoms with Crippen molar-refractivity contribution in [2.45, 2.75) is 32.2 Å². The zero-order valence-electron chi connectivity index (χ0n) is 7.16. The van der Waals surface area contributed by atoms with Crippen molar-refractivity contribution in [2.75, 3.05) is 0 Å². The Morgan fingerprint density at radius 2 is 2.27 bits per heavy atom. The summed E-state index contributed by atoms with van der Waals surface area (Å²) in [6, 6.07) is 0. The van der Waals surface area contributed by atoms with Crippen LogP contribution >= 0.6 is 11.3 Å². The molecule has 62 valence electrons. The van der Waals surface area contributed by atoms with E-state index in [2.05, 4.69) is 11.9 Å². The smallest absolute Gasteiger partial charge is 0.0794 e. The lowest BCUT2D eigenvalue weighted by molar-refractivity contribution is 0.440. The van der Waals surface area contributed by atoms with Crippen LogP contribution in [0.3, 0.4) is 0 Å². The summed E-state index contributed by atoms with van der Waals surface area (Å²) in [4.78, 5) is 5.28. The molecule has 0 amide bonds. The van der Waals surface area contributed by atoms with Crippen molar-refractivity contribution < 1.29 is 0 Å². The third-order valence-corrected chi connectivity index (χ3v) is 2.95. The second kappa shape index (κ2) is 2.91. The van der Waals surface area contributed by atoms with Crippen LogP contribution in [0.4, 0.5) is 0 Å². The van der Waals surface area contributed by atoms with Crippen molar-refractivity contribution >= 4 is 11.3 Å². The van der Waals surface area contributed by atoms with Crippen molar-refractivity contribution in [2.24, 2.45) is 5.73 Å². The molecule has 3 heteroatoms. The molecule has 0 spiro atoms. The van der Waals surface area contributed by atoms with Crippen LogP contribution in [-0.2, 0) is 0 Å². The normalized spacial score (nSPS) is 14.9. The van der Waals surface area contributed by atoms with Crippen molar-refractivity contribution in [1.82, 2.24) is 4.98 Å². The Balaban J connectivity index is 2.78. The lowest BCUT2D eigenvalue weighted by atomic mass is 9.89. The fraction of sp³-hybridized carbons (Fsp3) is 0.625. The highest BCUT2D eigenvalue weighted by Gasteiger charge is 2.22. The summed E-state index contributed by atoms with van der Waals surface area (Å²) >= 11 is 1.67. The molecule has 0 saturated heterocycles. The van der Waals surface area contributed by atoms with Gasteiger partial charge >= 0.3 is 0 Å². The Hall–Kier alpha value is -0.410. The maximum Gasteiger partial charge on any atom is 0.0794 e. The number of aromatic nitrogens is 1. The summed E-state index contributed by atoms with van der Waals surface area (Å²) in [6.07, 6.45) is 1.89. The summed E-state index contributed by atoms with van der Waals surface area (Å²) in [7, 11) is 0. The van der Waals surface area contributed by atoms with E-state index in [-0.39, 0.29) is 5.54 Å². The molecule has 1 aromatic rings. The molecule has 0 aliphatic rings. The predicted octanol–water partition coefficient (Wildman–Crippen LogP) is 1.98. The van der Waals surface area contributed by atoms with Gasteiger partial charge in [0.1, 0.15) is 0 Å². The van der Waals surface area contributed by atoms with Crippen molar-refractivity contribution in [3.05, 3.63) is 16.6 Å². The van der Waals surface area contributed by atoms with Crippen LogP contribution in [0, 0.1) is 0 Å². The molecule has 2 nitrogen and oxygen atoms in total. The summed E-state index contributed by atoms with van der Waals surface area (Å²) in [6.45, 7) is 6.21. The molecule has 1 atom stereocenters. The van der Waals surface area contributed by atoms with Crippen LogP contribution in [0.2, 0.25) is 0 Å². The van der Waals surface area contributed by atoms with E-state index in [1.165, 1.54) is 4.88 Å². The number of nitrogens with zero attached hydrogens (tertiary/aromatic N) is 1. The lowest BCUT2D eigenvalue weighted by Gasteiger charge is -2.25. The van der Waals surface area contributed by atoms with Crippen LogP contribution < -0.4 is 5.73 Å². The van der Waals surface area contributed by atoms with E-state index in [0.717, 1.165) is 0 Å². The first-order valence-corrected chi connectivity index (χ1v) is 4.57. The minimum Gasteiger partial charge on any atom is -0.325 e. The predicted molar refractivity (Wildman–Crippen MR) is 48.8 cm³/mol. The number of thiazole rings is 1. The van der Waals surface area contributed by atoms with E-state index in [1.807, 2.05) is 25.6 Å². The van der Waals surface area contributed by atoms with E-state index in [4.69, 9.17) is 5.73 Å². The first-order valence-electron chi connectivity index (χ1n) is 3.69. The number of hydrogen-bond acceptors (Lipinski definition) is 3. The van der Waals surface area contributed by atoms with E-state index >= 15 is 0 Å². The van der Waals surface area contributed by atoms with Crippen LogP contribution in [0.1, 0.15) is 31.6 Å². The van der Waals surface area contributed by atoms with Gasteiger partial charge in [-0.15, -0.1) is 11.3 Å². The topological polar surface area (TPSA) is 38.9 Å². The van der Waals surface area contributed by atoms with E-state index in [0.29, 0.717) is 5.92 Å². The van der Waals surface area contributed by atoms with Gasteiger partial charge in [-0.2, -0.15) is 0 Å². The minimum absolute atomic E-state index is 0.146. The van der Waals surface area contributed by atoms with Gasteiger partial charge in [0, 0.05) is 22.5 Å². The molecule has 0 saturated carbocycles. The highest BCUT2D eigenvalue weighted by molar-refractivity contribution is 7.09. The number of nitrogens with two attached hydrogens (primary N) is 1.